The molecule has 0 amide bonds. The molecule has 1 fully saturated rings. The summed E-state index contributed by atoms with van der Waals surface area (Å²) in [6.45, 7) is 6.97. The van der Waals surface area contributed by atoms with Crippen molar-refractivity contribution in [2.45, 2.75) is 26.4 Å². The van der Waals surface area contributed by atoms with E-state index in [0.717, 1.165) is 19.8 Å². The highest BCUT2D eigenvalue weighted by Gasteiger charge is 2.35. The highest BCUT2D eigenvalue weighted by atomic mass is 16.5. The molecule has 2 heterocycles. The fourth-order valence-corrected chi connectivity index (χ4v) is 1.74. The zero-order chi connectivity index (χ0) is 10.0. The first-order valence-corrected chi connectivity index (χ1v) is 5.01. The second kappa shape index (κ2) is 3.75. The number of rotatable bonds is 3. The Labute approximate surface area is 84.4 Å². The average Bonchev–Trinajstić information content (AvgIpc) is 2.71. The van der Waals surface area contributed by atoms with Crippen molar-refractivity contribution in [1.82, 2.24) is 5.32 Å². The normalized spacial score (nSPS) is 25.4. The van der Waals surface area contributed by atoms with Gasteiger partial charge >= 0.3 is 0 Å². The Morgan fingerprint density at radius 2 is 2.43 bits per heavy atom. The topological polar surface area (TPSA) is 34.4 Å². The molecule has 1 N–H and O–H groups in total. The summed E-state index contributed by atoms with van der Waals surface area (Å²) >= 11 is 0. The van der Waals surface area contributed by atoms with Gasteiger partial charge in [0, 0.05) is 23.6 Å². The molecule has 0 aliphatic carbocycles. The minimum absolute atomic E-state index is 0.240. The van der Waals surface area contributed by atoms with Gasteiger partial charge in [-0.15, -0.1) is 0 Å². The maximum atomic E-state index is 5.46. The molecule has 0 bridgehead atoms. The van der Waals surface area contributed by atoms with Gasteiger partial charge in [-0.2, -0.15) is 0 Å². The minimum atomic E-state index is 0.240. The van der Waals surface area contributed by atoms with Gasteiger partial charge in [-0.3, -0.25) is 0 Å². The van der Waals surface area contributed by atoms with E-state index in [-0.39, 0.29) is 5.41 Å². The predicted molar refractivity (Wildman–Crippen MR) is 53.9 cm³/mol. The fourth-order valence-electron chi connectivity index (χ4n) is 1.74. The molecule has 1 unspecified atom stereocenters. The molecule has 1 aromatic rings. The summed E-state index contributed by atoms with van der Waals surface area (Å²) in [6, 6.07) is 2.42. The molecule has 0 aromatic carbocycles. The van der Waals surface area contributed by atoms with Gasteiger partial charge in [-0.25, -0.2) is 0 Å². The van der Waals surface area contributed by atoms with Crippen molar-refractivity contribution < 1.29 is 9.15 Å². The quantitative estimate of drug-likeness (QED) is 0.798. The minimum Gasteiger partial charge on any atom is -0.472 e. The van der Waals surface area contributed by atoms with Crippen LogP contribution in [0.1, 0.15) is 19.4 Å². The second-order valence-electron chi connectivity index (χ2n) is 4.57. The molecule has 2 rings (SSSR count). The fraction of sp³-hybridized carbons (Fsp3) is 0.636. The summed E-state index contributed by atoms with van der Waals surface area (Å²) in [5.74, 6) is 0. The first-order chi connectivity index (χ1) is 6.68. The lowest BCUT2D eigenvalue weighted by molar-refractivity contribution is 0.166. The smallest absolute Gasteiger partial charge is 0.0947 e. The molecule has 0 saturated carbocycles. The Hall–Kier alpha value is -0.800. The first kappa shape index (κ1) is 9.74. The first-order valence-electron chi connectivity index (χ1n) is 5.01. The molecule has 3 heteroatoms. The van der Waals surface area contributed by atoms with E-state index in [2.05, 4.69) is 19.2 Å². The lowest BCUT2D eigenvalue weighted by atomic mass is 9.88. The van der Waals surface area contributed by atoms with E-state index < -0.39 is 0 Å². The van der Waals surface area contributed by atoms with Crippen LogP contribution >= 0.6 is 0 Å². The molecule has 1 atom stereocenters. The van der Waals surface area contributed by atoms with E-state index in [1.165, 1.54) is 5.56 Å². The molecule has 0 spiro atoms. The van der Waals surface area contributed by atoms with Crippen LogP contribution < -0.4 is 5.32 Å². The van der Waals surface area contributed by atoms with Crippen LogP contribution in [0, 0.1) is 5.41 Å². The highest BCUT2D eigenvalue weighted by molar-refractivity contribution is 5.05. The van der Waals surface area contributed by atoms with Crippen molar-refractivity contribution in [1.29, 1.82) is 0 Å². The Morgan fingerprint density at radius 1 is 1.57 bits per heavy atom. The number of furan rings is 1. The Bertz CT molecular complexity index is 279. The van der Waals surface area contributed by atoms with E-state index in [9.17, 15) is 0 Å². The molecule has 3 nitrogen and oxygen atoms in total. The third-order valence-electron chi connectivity index (χ3n) is 2.83. The van der Waals surface area contributed by atoms with Crippen LogP contribution in [0.25, 0.3) is 0 Å². The van der Waals surface area contributed by atoms with Gasteiger partial charge in [0.1, 0.15) is 0 Å². The third kappa shape index (κ3) is 1.99. The average molecular weight is 195 g/mol. The predicted octanol–water partition coefficient (Wildman–Crippen LogP) is 1.79. The molecular weight excluding hydrogens is 178 g/mol. The molecular formula is C11H17NO2. The SMILES string of the molecule is CC1(C)COCC1NCc1ccoc1. The molecule has 1 aliphatic rings. The van der Waals surface area contributed by atoms with Crippen molar-refractivity contribution >= 4 is 0 Å². The van der Waals surface area contributed by atoms with E-state index in [1.54, 1.807) is 12.5 Å². The molecule has 14 heavy (non-hydrogen) atoms. The number of hydrogen-bond acceptors (Lipinski definition) is 3. The monoisotopic (exact) mass is 195 g/mol. The zero-order valence-electron chi connectivity index (χ0n) is 8.75. The highest BCUT2D eigenvalue weighted by Crippen LogP contribution is 2.27. The second-order valence-corrected chi connectivity index (χ2v) is 4.57. The Balaban J connectivity index is 1.86. The van der Waals surface area contributed by atoms with Crippen LogP contribution in [0.5, 0.6) is 0 Å². The summed E-state index contributed by atoms with van der Waals surface area (Å²) in [4.78, 5) is 0. The maximum absolute atomic E-state index is 5.46. The molecule has 1 aliphatic heterocycles. The largest absolute Gasteiger partial charge is 0.472 e. The van der Waals surface area contributed by atoms with Crippen molar-refractivity contribution in [3.8, 4) is 0 Å². The van der Waals surface area contributed by atoms with E-state index in [4.69, 9.17) is 9.15 Å². The Kier molecular flexibility index (Phi) is 2.61. The van der Waals surface area contributed by atoms with Crippen LogP contribution in [-0.2, 0) is 11.3 Å². The van der Waals surface area contributed by atoms with E-state index in [1.807, 2.05) is 6.07 Å². The lowest BCUT2D eigenvalue weighted by Crippen LogP contribution is -2.40. The van der Waals surface area contributed by atoms with Crippen molar-refractivity contribution in [3.63, 3.8) is 0 Å². The third-order valence-corrected chi connectivity index (χ3v) is 2.83. The van der Waals surface area contributed by atoms with Crippen molar-refractivity contribution in [2.75, 3.05) is 13.2 Å². The van der Waals surface area contributed by atoms with Crippen LogP contribution in [0.4, 0.5) is 0 Å². The molecule has 78 valence electrons. The van der Waals surface area contributed by atoms with Crippen molar-refractivity contribution in [3.05, 3.63) is 24.2 Å². The summed E-state index contributed by atoms with van der Waals surface area (Å²) in [5.41, 5.74) is 1.43. The number of ether oxygens (including phenoxy) is 1. The zero-order valence-corrected chi connectivity index (χ0v) is 8.75. The van der Waals surface area contributed by atoms with Gasteiger partial charge in [0.15, 0.2) is 0 Å². The van der Waals surface area contributed by atoms with Gasteiger partial charge in [0.2, 0.25) is 0 Å². The molecule has 1 aromatic heterocycles. The lowest BCUT2D eigenvalue weighted by Gasteiger charge is -2.25. The van der Waals surface area contributed by atoms with Crippen LogP contribution in [-0.4, -0.2) is 19.3 Å². The molecule has 0 radical (unpaired) electrons. The standard InChI is InChI=1S/C11H17NO2/c1-11(2)8-14-7-10(11)12-5-9-3-4-13-6-9/h3-4,6,10,12H,5,7-8H2,1-2H3. The van der Waals surface area contributed by atoms with Crippen molar-refractivity contribution in [2.24, 2.45) is 5.41 Å². The molecule has 1 saturated heterocycles. The number of nitrogens with one attached hydrogen (secondary N) is 1. The van der Waals surface area contributed by atoms with E-state index in [0.29, 0.717) is 6.04 Å². The van der Waals surface area contributed by atoms with Crippen LogP contribution in [0.3, 0.4) is 0 Å². The van der Waals surface area contributed by atoms with Gasteiger partial charge < -0.3 is 14.5 Å². The van der Waals surface area contributed by atoms with Crippen LogP contribution in [0.15, 0.2) is 23.0 Å². The van der Waals surface area contributed by atoms with Gasteiger partial charge in [0.25, 0.3) is 0 Å². The maximum Gasteiger partial charge on any atom is 0.0947 e. The summed E-state index contributed by atoms with van der Waals surface area (Å²) < 4.78 is 10.5. The van der Waals surface area contributed by atoms with Gasteiger partial charge in [0.05, 0.1) is 25.7 Å². The van der Waals surface area contributed by atoms with Gasteiger partial charge in [-0.1, -0.05) is 13.8 Å². The van der Waals surface area contributed by atoms with Crippen LogP contribution in [0.2, 0.25) is 0 Å². The van der Waals surface area contributed by atoms with E-state index >= 15 is 0 Å². The summed E-state index contributed by atoms with van der Waals surface area (Å²) in [7, 11) is 0. The Morgan fingerprint density at radius 3 is 3.00 bits per heavy atom. The summed E-state index contributed by atoms with van der Waals surface area (Å²) in [6.07, 6.45) is 3.48. The summed E-state index contributed by atoms with van der Waals surface area (Å²) in [5, 5.41) is 3.49. The van der Waals surface area contributed by atoms with Gasteiger partial charge in [-0.05, 0) is 6.07 Å². The number of hydrogen-bond donors (Lipinski definition) is 1.